The number of rotatable bonds is 10. The topological polar surface area (TPSA) is 149 Å². The Morgan fingerprint density at radius 3 is 1.07 bits per heavy atom. The molecular formula is C21H34O8. The summed E-state index contributed by atoms with van der Waals surface area (Å²) in [4.78, 5) is 49.8. The lowest BCUT2D eigenvalue weighted by molar-refractivity contribution is -0.192. The smallest absolute Gasteiger partial charge is 0.321 e. The summed E-state index contributed by atoms with van der Waals surface area (Å²) >= 11 is 0. The lowest BCUT2D eigenvalue weighted by atomic mass is 9.52. The van der Waals surface area contributed by atoms with Gasteiger partial charge in [0.15, 0.2) is 10.8 Å². The van der Waals surface area contributed by atoms with E-state index in [0.717, 1.165) is 0 Å². The molecule has 4 N–H and O–H groups in total. The van der Waals surface area contributed by atoms with E-state index < -0.39 is 70.2 Å². The number of aliphatic carboxylic acids is 4. The fraction of sp³-hybridized carbons (Fsp3) is 0.810. The van der Waals surface area contributed by atoms with E-state index in [1.54, 1.807) is 13.8 Å². The summed E-state index contributed by atoms with van der Waals surface area (Å²) in [5.41, 5.74) is -4.55. The summed E-state index contributed by atoms with van der Waals surface area (Å²) in [6.07, 6.45) is 1.30. The Hall–Kier alpha value is -2.12. The van der Waals surface area contributed by atoms with Crippen LogP contribution in [0.1, 0.15) is 60.8 Å². The third kappa shape index (κ3) is 3.40. The highest BCUT2D eigenvalue weighted by Gasteiger charge is 2.70. The SMILES string of the molecule is CCC1CC(CC)C(C(C(=O)O)(C(=O)O)C(C)C)C1C(C(=O)O)(C(=O)O)C(C)C. The molecule has 29 heavy (non-hydrogen) atoms. The summed E-state index contributed by atoms with van der Waals surface area (Å²) in [5, 5.41) is 40.5. The van der Waals surface area contributed by atoms with Crippen LogP contribution in [-0.2, 0) is 19.2 Å². The third-order valence-electron chi connectivity index (χ3n) is 7.35. The molecule has 4 atom stereocenters. The molecule has 1 rings (SSSR count). The molecule has 0 amide bonds. The molecule has 4 unspecified atom stereocenters. The molecule has 166 valence electrons. The van der Waals surface area contributed by atoms with Crippen LogP contribution in [0, 0.1) is 46.3 Å². The number of carboxylic acid groups (broad SMARTS) is 4. The van der Waals surface area contributed by atoms with Crippen LogP contribution in [0.15, 0.2) is 0 Å². The van der Waals surface area contributed by atoms with Crippen molar-refractivity contribution in [3.8, 4) is 0 Å². The summed E-state index contributed by atoms with van der Waals surface area (Å²) in [6.45, 7) is 9.57. The molecule has 0 radical (unpaired) electrons. The van der Waals surface area contributed by atoms with Gasteiger partial charge in [-0.05, 0) is 41.9 Å². The van der Waals surface area contributed by atoms with Gasteiger partial charge in [0.25, 0.3) is 0 Å². The van der Waals surface area contributed by atoms with E-state index in [2.05, 4.69) is 0 Å². The molecule has 1 aliphatic rings. The van der Waals surface area contributed by atoms with Gasteiger partial charge in [-0.2, -0.15) is 0 Å². The van der Waals surface area contributed by atoms with Gasteiger partial charge >= 0.3 is 23.9 Å². The Morgan fingerprint density at radius 1 is 0.690 bits per heavy atom. The lowest BCUT2D eigenvalue weighted by Gasteiger charge is -2.47. The van der Waals surface area contributed by atoms with Crippen LogP contribution in [-0.4, -0.2) is 44.3 Å². The van der Waals surface area contributed by atoms with Crippen molar-refractivity contribution in [2.24, 2.45) is 46.3 Å². The van der Waals surface area contributed by atoms with Crippen LogP contribution in [0.25, 0.3) is 0 Å². The molecule has 0 bridgehead atoms. The van der Waals surface area contributed by atoms with E-state index in [9.17, 15) is 39.6 Å². The van der Waals surface area contributed by atoms with Gasteiger partial charge in [0, 0.05) is 0 Å². The maximum atomic E-state index is 12.5. The van der Waals surface area contributed by atoms with Crippen LogP contribution >= 0.6 is 0 Å². The van der Waals surface area contributed by atoms with Gasteiger partial charge < -0.3 is 20.4 Å². The Labute approximate surface area is 171 Å². The Morgan fingerprint density at radius 2 is 0.931 bits per heavy atom. The first kappa shape index (κ1) is 24.9. The molecular weight excluding hydrogens is 380 g/mol. The molecule has 0 saturated heterocycles. The summed E-state index contributed by atoms with van der Waals surface area (Å²) in [5.74, 6) is -10.9. The van der Waals surface area contributed by atoms with E-state index in [1.807, 2.05) is 0 Å². The van der Waals surface area contributed by atoms with Crippen LogP contribution in [0.3, 0.4) is 0 Å². The van der Waals surface area contributed by atoms with Gasteiger partial charge in [0.1, 0.15) is 0 Å². The number of carboxylic acids is 4. The summed E-state index contributed by atoms with van der Waals surface area (Å²) in [6, 6.07) is 0. The van der Waals surface area contributed by atoms with Crippen molar-refractivity contribution in [1.29, 1.82) is 0 Å². The largest absolute Gasteiger partial charge is 0.480 e. The van der Waals surface area contributed by atoms with Crippen molar-refractivity contribution < 1.29 is 39.6 Å². The van der Waals surface area contributed by atoms with Crippen molar-refractivity contribution >= 4 is 23.9 Å². The normalized spacial score (nSPS) is 25.4. The zero-order valence-corrected chi connectivity index (χ0v) is 18.0. The molecule has 1 saturated carbocycles. The van der Waals surface area contributed by atoms with Gasteiger partial charge in [-0.15, -0.1) is 0 Å². The second-order valence-corrected chi connectivity index (χ2v) is 8.89. The Kier molecular flexibility index (Phi) is 7.49. The van der Waals surface area contributed by atoms with Crippen molar-refractivity contribution in [3.63, 3.8) is 0 Å². The quantitative estimate of drug-likeness (QED) is 0.398. The minimum absolute atomic E-state index is 0.406. The Balaban J connectivity index is 4.06. The average Bonchev–Trinajstić information content (AvgIpc) is 2.93. The van der Waals surface area contributed by atoms with Crippen molar-refractivity contribution in [2.45, 2.75) is 60.8 Å². The van der Waals surface area contributed by atoms with Gasteiger partial charge in [-0.25, -0.2) is 0 Å². The van der Waals surface area contributed by atoms with Gasteiger partial charge in [0.2, 0.25) is 0 Å². The van der Waals surface area contributed by atoms with Crippen LogP contribution in [0.2, 0.25) is 0 Å². The molecule has 0 aliphatic heterocycles. The highest BCUT2D eigenvalue weighted by Crippen LogP contribution is 2.62. The minimum atomic E-state index is -2.28. The number of hydrogen-bond acceptors (Lipinski definition) is 4. The van der Waals surface area contributed by atoms with E-state index in [4.69, 9.17) is 0 Å². The first-order valence-corrected chi connectivity index (χ1v) is 10.2. The minimum Gasteiger partial charge on any atom is -0.480 e. The maximum Gasteiger partial charge on any atom is 0.321 e. The number of hydrogen-bond donors (Lipinski definition) is 4. The molecule has 0 aromatic carbocycles. The average molecular weight is 414 g/mol. The molecule has 8 nitrogen and oxygen atoms in total. The van der Waals surface area contributed by atoms with E-state index in [1.165, 1.54) is 27.7 Å². The van der Waals surface area contributed by atoms with Crippen LogP contribution < -0.4 is 0 Å². The van der Waals surface area contributed by atoms with E-state index in [-0.39, 0.29) is 0 Å². The van der Waals surface area contributed by atoms with Gasteiger partial charge in [-0.1, -0.05) is 54.4 Å². The maximum absolute atomic E-state index is 12.5. The molecule has 8 heteroatoms. The molecule has 1 aliphatic carbocycles. The molecule has 1 fully saturated rings. The highest BCUT2D eigenvalue weighted by atomic mass is 16.4. The number of carbonyl (C=O) groups is 4. The van der Waals surface area contributed by atoms with Crippen molar-refractivity contribution in [2.75, 3.05) is 0 Å². The molecule has 0 heterocycles. The predicted molar refractivity (Wildman–Crippen MR) is 104 cm³/mol. The second-order valence-electron chi connectivity index (χ2n) is 8.89. The van der Waals surface area contributed by atoms with Crippen LogP contribution in [0.5, 0.6) is 0 Å². The second kappa shape index (κ2) is 8.71. The van der Waals surface area contributed by atoms with E-state index in [0.29, 0.717) is 19.3 Å². The Bertz CT molecular complexity index is 582. The predicted octanol–water partition coefficient (Wildman–Crippen LogP) is 3.30. The fourth-order valence-electron chi connectivity index (χ4n) is 5.93. The van der Waals surface area contributed by atoms with Crippen molar-refractivity contribution in [3.05, 3.63) is 0 Å². The first-order chi connectivity index (χ1) is 13.3. The standard InChI is InChI=1S/C21H34O8/c1-7-12-9-13(8-2)15(21(11(5)6,18(26)27)19(28)29)14(12)20(10(3)4,16(22)23)17(24)25/h10-15H,7-9H2,1-6H3,(H,22,23)(H,24,25)(H,26,27)(H,28,29). The molecule has 0 spiro atoms. The third-order valence-corrected chi connectivity index (χ3v) is 7.35. The monoisotopic (exact) mass is 414 g/mol. The van der Waals surface area contributed by atoms with Crippen LogP contribution in [0.4, 0.5) is 0 Å². The first-order valence-electron chi connectivity index (χ1n) is 10.2. The molecule has 0 aromatic rings. The van der Waals surface area contributed by atoms with Crippen molar-refractivity contribution in [1.82, 2.24) is 0 Å². The summed E-state index contributed by atoms with van der Waals surface area (Å²) in [7, 11) is 0. The lowest BCUT2D eigenvalue weighted by Crippen LogP contribution is -2.60. The zero-order valence-electron chi connectivity index (χ0n) is 18.0. The fourth-order valence-corrected chi connectivity index (χ4v) is 5.93. The van der Waals surface area contributed by atoms with E-state index >= 15 is 0 Å². The van der Waals surface area contributed by atoms with Gasteiger partial charge in [0.05, 0.1) is 0 Å². The highest BCUT2D eigenvalue weighted by molar-refractivity contribution is 6.01. The summed E-state index contributed by atoms with van der Waals surface area (Å²) < 4.78 is 0. The van der Waals surface area contributed by atoms with Gasteiger partial charge in [-0.3, -0.25) is 19.2 Å². The molecule has 0 aromatic heterocycles. The zero-order chi connectivity index (χ0) is 22.9.